The quantitative estimate of drug-likeness (QED) is 0.132. The van der Waals surface area contributed by atoms with Gasteiger partial charge in [-0.1, -0.05) is 75.2 Å². The zero-order chi connectivity index (χ0) is 30.6. The zero-order valence-electron chi connectivity index (χ0n) is 22.7. The third kappa shape index (κ3) is 6.66. The van der Waals surface area contributed by atoms with Crippen LogP contribution in [0.5, 0.6) is 5.75 Å². The maximum absolute atomic E-state index is 14.9. The van der Waals surface area contributed by atoms with Crippen molar-refractivity contribution in [1.29, 1.82) is 0 Å². The first kappa shape index (κ1) is 30.8. The summed E-state index contributed by atoms with van der Waals surface area (Å²) in [6.45, 7) is 3.67. The minimum absolute atomic E-state index is 0.0280. The maximum Gasteiger partial charge on any atom is 0.432 e. The molecule has 0 N–H and O–H groups in total. The molecule has 1 nitrogen and oxygen atoms in total. The molecule has 0 saturated carbocycles. The van der Waals surface area contributed by atoms with Crippen molar-refractivity contribution in [3.05, 3.63) is 124 Å². The molecule has 4 aromatic carbocycles. The lowest BCUT2D eigenvalue weighted by molar-refractivity contribution is -0.189. The van der Waals surface area contributed by atoms with Crippen LogP contribution >= 0.6 is 0 Å². The van der Waals surface area contributed by atoms with Crippen LogP contribution in [0.3, 0.4) is 0 Å². The van der Waals surface area contributed by atoms with Gasteiger partial charge in [0.25, 0.3) is 0 Å². The average molecular weight is 591 g/mol. The van der Waals surface area contributed by atoms with Crippen molar-refractivity contribution in [2.24, 2.45) is 0 Å². The summed E-state index contributed by atoms with van der Waals surface area (Å²) in [6.07, 6.45) is -2.46. The Morgan fingerprint density at radius 3 is 1.69 bits per heavy atom. The van der Waals surface area contributed by atoms with E-state index >= 15 is 0 Å². The van der Waals surface area contributed by atoms with E-state index in [4.69, 9.17) is 0 Å². The lowest BCUT2D eigenvalue weighted by Gasteiger charge is -2.20. The van der Waals surface area contributed by atoms with Crippen LogP contribution in [0.1, 0.15) is 54.5 Å². The summed E-state index contributed by atoms with van der Waals surface area (Å²) in [5, 5.41) is 0. The van der Waals surface area contributed by atoms with Crippen LogP contribution in [0.25, 0.3) is 22.8 Å². The molecule has 0 radical (unpaired) electrons. The monoisotopic (exact) mass is 590 g/mol. The van der Waals surface area contributed by atoms with E-state index in [2.05, 4.69) is 4.74 Å². The Bertz CT molecular complexity index is 1570. The minimum Gasteiger partial charge on any atom is -0.429 e. The highest BCUT2D eigenvalue weighted by molar-refractivity contribution is 5.83. The fraction of sp³-hybridized carbons (Fsp3) is 0.212. The Hall–Kier alpha value is -4.14. The smallest absolute Gasteiger partial charge is 0.429 e. The highest BCUT2D eigenvalue weighted by Crippen LogP contribution is 2.38. The summed E-state index contributed by atoms with van der Waals surface area (Å²) in [5.41, 5.74) is -1.09. The third-order valence-corrected chi connectivity index (χ3v) is 6.59. The van der Waals surface area contributed by atoms with Crippen molar-refractivity contribution in [3.63, 3.8) is 0 Å². The zero-order valence-corrected chi connectivity index (χ0v) is 22.7. The topological polar surface area (TPSA) is 9.23 Å². The average Bonchev–Trinajstić information content (AvgIpc) is 2.95. The van der Waals surface area contributed by atoms with Gasteiger partial charge < -0.3 is 4.74 Å². The Labute approximate surface area is 238 Å². The van der Waals surface area contributed by atoms with Gasteiger partial charge in [-0.15, -0.1) is 0 Å². The molecule has 0 heterocycles. The second-order valence-electron chi connectivity index (χ2n) is 9.71. The number of rotatable bonds is 10. The van der Waals surface area contributed by atoms with E-state index in [1.54, 1.807) is 19.1 Å². The number of hydrogen-bond acceptors (Lipinski definition) is 1. The third-order valence-electron chi connectivity index (χ3n) is 6.59. The van der Waals surface area contributed by atoms with Crippen molar-refractivity contribution >= 4 is 11.7 Å². The Balaban J connectivity index is 1.58. The summed E-state index contributed by atoms with van der Waals surface area (Å²) in [7, 11) is 0. The summed E-state index contributed by atoms with van der Waals surface area (Å²) in [5.74, 6) is -9.04. The fourth-order valence-corrected chi connectivity index (χ4v) is 4.51. The van der Waals surface area contributed by atoms with Gasteiger partial charge in [-0.05, 0) is 53.3 Å². The molecule has 0 unspecified atom stereocenters. The molecule has 220 valence electrons. The van der Waals surface area contributed by atoms with Gasteiger partial charge in [-0.25, -0.2) is 26.3 Å². The van der Waals surface area contributed by atoms with Crippen molar-refractivity contribution in [2.75, 3.05) is 0 Å². The molecule has 0 spiro atoms. The van der Waals surface area contributed by atoms with Crippen molar-refractivity contribution < 1.29 is 39.9 Å². The molecule has 0 aliphatic rings. The molecule has 0 aliphatic carbocycles. The van der Waals surface area contributed by atoms with Crippen LogP contribution in [0.4, 0.5) is 35.1 Å². The van der Waals surface area contributed by atoms with Crippen LogP contribution < -0.4 is 4.74 Å². The molecular weight excluding hydrogens is 564 g/mol. The molecular formula is C33H26F8O. The number of benzene rings is 4. The Morgan fingerprint density at radius 1 is 0.643 bits per heavy atom. The first-order valence-corrected chi connectivity index (χ1v) is 13.2. The van der Waals surface area contributed by atoms with Gasteiger partial charge in [-0.2, -0.15) is 8.78 Å². The molecule has 4 aromatic rings. The summed E-state index contributed by atoms with van der Waals surface area (Å²) >= 11 is 0. The summed E-state index contributed by atoms with van der Waals surface area (Å²) in [6, 6.07) is 13.7. The highest BCUT2D eigenvalue weighted by Gasteiger charge is 2.41. The van der Waals surface area contributed by atoms with Gasteiger partial charge in [0.2, 0.25) is 0 Å². The lowest BCUT2D eigenvalue weighted by atomic mass is 10.00. The van der Waals surface area contributed by atoms with E-state index in [0.29, 0.717) is 24.6 Å². The van der Waals surface area contributed by atoms with Gasteiger partial charge in [0.1, 0.15) is 22.9 Å². The van der Waals surface area contributed by atoms with Crippen molar-refractivity contribution in [3.8, 4) is 16.9 Å². The van der Waals surface area contributed by atoms with Gasteiger partial charge in [0.05, 0.1) is 0 Å². The predicted octanol–water partition coefficient (Wildman–Crippen LogP) is 10.7. The molecule has 0 fully saturated rings. The molecule has 0 aromatic heterocycles. The van der Waals surface area contributed by atoms with Crippen molar-refractivity contribution in [2.45, 2.75) is 45.6 Å². The van der Waals surface area contributed by atoms with Crippen LogP contribution in [0.15, 0.2) is 72.8 Å². The minimum atomic E-state index is -4.58. The Kier molecular flexibility index (Phi) is 9.39. The van der Waals surface area contributed by atoms with Gasteiger partial charge >= 0.3 is 6.11 Å². The molecule has 0 amide bonds. The number of halogens is 8. The normalized spacial score (nSPS) is 12.3. The molecule has 0 saturated heterocycles. The molecule has 9 heteroatoms. The molecule has 42 heavy (non-hydrogen) atoms. The van der Waals surface area contributed by atoms with E-state index in [1.807, 2.05) is 6.92 Å². The van der Waals surface area contributed by atoms with Crippen molar-refractivity contribution in [1.82, 2.24) is 0 Å². The number of alkyl halides is 2. The molecule has 0 bridgehead atoms. The van der Waals surface area contributed by atoms with E-state index in [1.165, 1.54) is 36.4 Å². The second kappa shape index (κ2) is 12.8. The van der Waals surface area contributed by atoms with Gasteiger partial charge in [-0.3, -0.25) is 0 Å². The predicted molar refractivity (Wildman–Crippen MR) is 146 cm³/mol. The van der Waals surface area contributed by atoms with E-state index < -0.39 is 52.3 Å². The summed E-state index contributed by atoms with van der Waals surface area (Å²) in [4.78, 5) is 0. The van der Waals surface area contributed by atoms with E-state index in [9.17, 15) is 35.1 Å². The van der Waals surface area contributed by atoms with Crippen LogP contribution in [0, 0.1) is 23.3 Å². The van der Waals surface area contributed by atoms with Gasteiger partial charge in [0.15, 0.2) is 23.3 Å². The van der Waals surface area contributed by atoms with E-state index in [0.717, 1.165) is 24.5 Å². The second-order valence-corrected chi connectivity index (χ2v) is 9.71. The van der Waals surface area contributed by atoms with Crippen LogP contribution in [-0.4, -0.2) is 0 Å². The fourth-order valence-electron chi connectivity index (χ4n) is 4.51. The highest BCUT2D eigenvalue weighted by atomic mass is 19.3. The molecule has 4 rings (SSSR count). The molecule has 0 aliphatic heterocycles. The maximum atomic E-state index is 14.9. The van der Waals surface area contributed by atoms with Crippen LogP contribution in [0.2, 0.25) is 0 Å². The van der Waals surface area contributed by atoms with Crippen LogP contribution in [-0.2, 0) is 19.0 Å². The number of hydrogen-bond donors (Lipinski definition) is 0. The standard InChI is InChI=1S/C33H26F8O/c1-3-5-19-7-9-21(10-8-19)31(38)32(39)22-13-11-20(12-14-22)24-16-26(34)29(27(35)17-24)33(40,41)42-25-15-23(6-4-2)30(37)28(36)18-25/h7-18H,3-6H2,1-2H3. The molecule has 0 atom stereocenters. The van der Waals surface area contributed by atoms with Gasteiger partial charge in [0, 0.05) is 17.2 Å². The largest absolute Gasteiger partial charge is 0.432 e. The number of aryl methyl sites for hydroxylation is 2. The first-order valence-electron chi connectivity index (χ1n) is 13.2. The number of ether oxygens (including phenoxy) is 1. The SMILES string of the molecule is CCCc1ccc(C(F)=C(F)c2ccc(-c3cc(F)c(C(F)(F)Oc4cc(F)c(F)c(CCC)c4)c(F)c3)cc2)cc1. The Morgan fingerprint density at radius 2 is 1.17 bits per heavy atom. The summed E-state index contributed by atoms with van der Waals surface area (Å²) < 4.78 is 121. The first-order chi connectivity index (χ1) is 19.9. The van der Waals surface area contributed by atoms with E-state index in [-0.39, 0.29) is 34.2 Å². The lowest BCUT2D eigenvalue weighted by Crippen LogP contribution is -2.25.